The third-order valence-electron chi connectivity index (χ3n) is 3.40. The molecule has 1 rings (SSSR count). The molecule has 0 radical (unpaired) electrons. The average Bonchev–Trinajstić information content (AvgIpc) is 2.66. The maximum atomic E-state index is 11.9. The van der Waals surface area contributed by atoms with Crippen molar-refractivity contribution in [1.29, 1.82) is 0 Å². The molecule has 0 saturated carbocycles. The van der Waals surface area contributed by atoms with E-state index in [-0.39, 0.29) is 30.6 Å². The van der Waals surface area contributed by atoms with Crippen LogP contribution in [-0.4, -0.2) is 55.5 Å². The number of benzene rings is 1. The zero-order valence-corrected chi connectivity index (χ0v) is 14.7. The monoisotopic (exact) mass is 381 g/mol. The van der Waals surface area contributed by atoms with Crippen LogP contribution >= 0.6 is 0 Å². The molecule has 0 saturated heterocycles. The van der Waals surface area contributed by atoms with Crippen LogP contribution in [0, 0.1) is 10.1 Å². The van der Waals surface area contributed by atoms with Crippen molar-refractivity contribution in [2.45, 2.75) is 18.9 Å². The second-order valence-corrected chi connectivity index (χ2v) is 5.23. The van der Waals surface area contributed by atoms with Crippen molar-refractivity contribution >= 4 is 29.4 Å². The van der Waals surface area contributed by atoms with Crippen LogP contribution in [0.25, 0.3) is 0 Å². The van der Waals surface area contributed by atoms with Gasteiger partial charge in [-0.1, -0.05) is 0 Å². The zero-order valence-electron chi connectivity index (χ0n) is 14.7. The van der Waals surface area contributed by atoms with Crippen molar-refractivity contribution in [1.82, 2.24) is 10.6 Å². The minimum Gasteiger partial charge on any atom is -0.469 e. The molecule has 0 bridgehead atoms. The number of nitro benzene ring substituents is 1. The number of hydrogen-bond donors (Lipinski definition) is 2. The van der Waals surface area contributed by atoms with E-state index in [1.807, 2.05) is 0 Å². The molecule has 0 spiro atoms. The molecular formula is C16H19N3O8. The number of nitrogens with one attached hydrogen (secondary N) is 2. The van der Waals surface area contributed by atoms with Gasteiger partial charge >= 0.3 is 11.9 Å². The summed E-state index contributed by atoms with van der Waals surface area (Å²) < 4.78 is 8.95. The largest absolute Gasteiger partial charge is 0.469 e. The maximum Gasteiger partial charge on any atom is 0.328 e. The van der Waals surface area contributed by atoms with E-state index in [1.54, 1.807) is 0 Å². The van der Waals surface area contributed by atoms with E-state index in [0.717, 1.165) is 14.2 Å². The highest BCUT2D eigenvalue weighted by Gasteiger charge is 2.25. The summed E-state index contributed by atoms with van der Waals surface area (Å²) in [5.41, 5.74) is 0.0459. The van der Waals surface area contributed by atoms with Crippen LogP contribution in [0.3, 0.4) is 0 Å². The van der Waals surface area contributed by atoms with Crippen molar-refractivity contribution in [3.63, 3.8) is 0 Å². The van der Waals surface area contributed by atoms with Crippen molar-refractivity contribution in [2.75, 3.05) is 20.8 Å². The predicted molar refractivity (Wildman–Crippen MR) is 90.6 cm³/mol. The molecule has 0 aliphatic heterocycles. The Labute approximate surface area is 154 Å². The molecule has 0 heterocycles. The van der Waals surface area contributed by atoms with Gasteiger partial charge in [0.05, 0.1) is 25.6 Å². The van der Waals surface area contributed by atoms with E-state index < -0.39 is 34.7 Å². The predicted octanol–water partition coefficient (Wildman–Crippen LogP) is -0.0644. The van der Waals surface area contributed by atoms with E-state index in [1.165, 1.54) is 24.3 Å². The second kappa shape index (κ2) is 10.5. The highest BCUT2D eigenvalue weighted by Crippen LogP contribution is 2.11. The molecule has 1 atom stereocenters. The molecule has 146 valence electrons. The zero-order chi connectivity index (χ0) is 20.4. The Bertz CT molecular complexity index is 717. The van der Waals surface area contributed by atoms with Gasteiger partial charge in [-0.25, -0.2) is 4.79 Å². The van der Waals surface area contributed by atoms with Gasteiger partial charge in [0.15, 0.2) is 0 Å². The van der Waals surface area contributed by atoms with Gasteiger partial charge in [-0.15, -0.1) is 0 Å². The summed E-state index contributed by atoms with van der Waals surface area (Å²) in [5, 5.41) is 15.4. The first kappa shape index (κ1) is 21.5. The Balaban J connectivity index is 2.50. The number of non-ortho nitro benzene ring substituents is 1. The normalized spacial score (nSPS) is 11.0. The lowest BCUT2D eigenvalue weighted by Crippen LogP contribution is -2.44. The fourth-order valence-electron chi connectivity index (χ4n) is 1.98. The minimum atomic E-state index is -1.19. The molecule has 0 aromatic heterocycles. The van der Waals surface area contributed by atoms with Crippen molar-refractivity contribution in [2.24, 2.45) is 0 Å². The van der Waals surface area contributed by atoms with Crippen LogP contribution in [-0.2, 0) is 23.9 Å². The number of nitro groups is 1. The van der Waals surface area contributed by atoms with Gasteiger partial charge in [-0.05, 0) is 12.1 Å². The van der Waals surface area contributed by atoms with Crippen LogP contribution in [0.4, 0.5) is 5.69 Å². The molecule has 0 aliphatic carbocycles. The van der Waals surface area contributed by atoms with Gasteiger partial charge < -0.3 is 20.1 Å². The first-order valence-corrected chi connectivity index (χ1v) is 7.75. The van der Waals surface area contributed by atoms with Crippen LogP contribution in [0.15, 0.2) is 24.3 Å². The van der Waals surface area contributed by atoms with E-state index in [4.69, 9.17) is 0 Å². The van der Waals surface area contributed by atoms with Gasteiger partial charge in [0.1, 0.15) is 6.04 Å². The standard InChI is InChI=1S/C16H19N3O8/c1-26-14(21)9-12(16(23)27-2)18-13(20)7-8-17-15(22)10-3-5-11(6-4-10)19(24)25/h3-6,12H,7-9H2,1-2H3,(H,17,22)(H,18,20). The molecule has 1 aromatic carbocycles. The molecule has 27 heavy (non-hydrogen) atoms. The summed E-state index contributed by atoms with van der Waals surface area (Å²) in [7, 11) is 2.26. The number of rotatable bonds is 9. The number of esters is 2. The van der Waals surface area contributed by atoms with E-state index in [0.29, 0.717) is 0 Å². The summed E-state index contributed by atoms with van der Waals surface area (Å²) in [5.74, 6) is -2.60. The van der Waals surface area contributed by atoms with Gasteiger partial charge in [0.25, 0.3) is 11.6 Å². The van der Waals surface area contributed by atoms with E-state index in [9.17, 15) is 29.3 Å². The van der Waals surface area contributed by atoms with Crippen molar-refractivity contribution < 1.29 is 33.6 Å². The molecule has 11 nitrogen and oxygen atoms in total. The van der Waals surface area contributed by atoms with Crippen molar-refractivity contribution in [3.05, 3.63) is 39.9 Å². The topological polar surface area (TPSA) is 154 Å². The molecule has 0 fully saturated rings. The highest BCUT2D eigenvalue weighted by atomic mass is 16.6. The molecule has 2 amide bonds. The number of ether oxygens (including phenoxy) is 2. The molecule has 1 aromatic rings. The molecule has 11 heteroatoms. The molecule has 1 unspecified atom stereocenters. The SMILES string of the molecule is COC(=O)CC(NC(=O)CCNC(=O)c1ccc([N+](=O)[O-])cc1)C(=O)OC. The lowest BCUT2D eigenvalue weighted by Gasteiger charge is -2.15. The summed E-state index contributed by atoms with van der Waals surface area (Å²) in [6, 6.07) is 3.76. The molecular weight excluding hydrogens is 362 g/mol. The van der Waals surface area contributed by atoms with Crippen LogP contribution < -0.4 is 10.6 Å². The highest BCUT2D eigenvalue weighted by molar-refractivity contribution is 5.94. The molecule has 2 N–H and O–H groups in total. The Morgan fingerprint density at radius 3 is 2.26 bits per heavy atom. The lowest BCUT2D eigenvalue weighted by atomic mass is 10.2. The maximum absolute atomic E-state index is 11.9. The van der Waals surface area contributed by atoms with Crippen LogP contribution in [0.2, 0.25) is 0 Å². The van der Waals surface area contributed by atoms with Crippen molar-refractivity contribution in [3.8, 4) is 0 Å². The minimum absolute atomic E-state index is 0.0478. The van der Waals surface area contributed by atoms with Gasteiger partial charge in [-0.3, -0.25) is 24.5 Å². The third-order valence-corrected chi connectivity index (χ3v) is 3.40. The Morgan fingerprint density at radius 1 is 1.11 bits per heavy atom. The number of nitrogens with zero attached hydrogens (tertiary/aromatic N) is 1. The average molecular weight is 381 g/mol. The fourth-order valence-corrected chi connectivity index (χ4v) is 1.98. The molecule has 0 aliphatic rings. The Morgan fingerprint density at radius 2 is 1.74 bits per heavy atom. The van der Waals surface area contributed by atoms with Gasteiger partial charge in [0.2, 0.25) is 5.91 Å². The number of methoxy groups -OCH3 is 2. The summed E-state index contributed by atoms with van der Waals surface area (Å²) in [6.45, 7) is -0.0478. The fraction of sp³-hybridized carbons (Fsp3) is 0.375. The lowest BCUT2D eigenvalue weighted by molar-refractivity contribution is -0.384. The summed E-state index contributed by atoms with van der Waals surface area (Å²) in [4.78, 5) is 56.6. The van der Waals surface area contributed by atoms with E-state index >= 15 is 0 Å². The second-order valence-electron chi connectivity index (χ2n) is 5.23. The number of hydrogen-bond acceptors (Lipinski definition) is 8. The summed E-state index contributed by atoms with van der Waals surface area (Å²) >= 11 is 0. The number of amides is 2. The van der Waals surface area contributed by atoms with Crippen LogP contribution in [0.5, 0.6) is 0 Å². The van der Waals surface area contributed by atoms with Crippen LogP contribution in [0.1, 0.15) is 23.2 Å². The number of carbonyl (C=O) groups is 4. The number of carbonyl (C=O) groups excluding carboxylic acids is 4. The first-order valence-electron chi connectivity index (χ1n) is 7.75. The quantitative estimate of drug-likeness (QED) is 0.342. The van der Waals surface area contributed by atoms with Gasteiger partial charge in [-0.2, -0.15) is 0 Å². The van der Waals surface area contributed by atoms with E-state index in [2.05, 4.69) is 20.1 Å². The van der Waals surface area contributed by atoms with Gasteiger partial charge in [0, 0.05) is 30.7 Å². The Kier molecular flexibility index (Phi) is 8.36. The smallest absolute Gasteiger partial charge is 0.328 e. The summed E-state index contributed by atoms with van der Waals surface area (Å²) in [6.07, 6.45) is -0.544. The first-order chi connectivity index (χ1) is 12.8. The third kappa shape index (κ3) is 7.10. The Hall–Kier alpha value is -3.50.